The number of hydrogen-bond acceptors (Lipinski definition) is 3. The van der Waals surface area contributed by atoms with E-state index >= 15 is 0 Å². The molecule has 4 heteroatoms. The van der Waals surface area contributed by atoms with Gasteiger partial charge in [0.05, 0.1) is 10.7 Å². The van der Waals surface area contributed by atoms with Gasteiger partial charge < -0.3 is 14.8 Å². The lowest BCUT2D eigenvalue weighted by molar-refractivity contribution is 0.174. The Morgan fingerprint density at radius 3 is 2.68 bits per heavy atom. The van der Waals surface area contributed by atoms with Gasteiger partial charge in [-0.1, -0.05) is 31.9 Å². The van der Waals surface area contributed by atoms with Crippen LogP contribution in [0.4, 0.5) is 5.69 Å². The molecular weight excluding hydrogens is 262 g/mol. The summed E-state index contributed by atoms with van der Waals surface area (Å²) in [6, 6.07) is 4.28. The summed E-state index contributed by atoms with van der Waals surface area (Å²) in [5, 5.41) is 4.29. The summed E-state index contributed by atoms with van der Waals surface area (Å²) in [6.07, 6.45) is 3.81. The van der Waals surface area contributed by atoms with Crippen LogP contribution >= 0.6 is 11.6 Å². The Hall–Kier alpha value is -1.09. The van der Waals surface area contributed by atoms with E-state index in [0.717, 1.165) is 23.1 Å². The molecule has 19 heavy (non-hydrogen) atoms. The third kappa shape index (κ3) is 2.62. The molecular formula is C15H20ClNO2. The van der Waals surface area contributed by atoms with Crippen LogP contribution in [0.3, 0.4) is 0 Å². The van der Waals surface area contributed by atoms with Crippen LogP contribution in [-0.2, 0) is 0 Å². The molecule has 3 unspecified atom stereocenters. The quantitative estimate of drug-likeness (QED) is 0.876. The molecule has 0 aromatic heterocycles. The third-order valence-electron chi connectivity index (χ3n) is 4.26. The highest BCUT2D eigenvalue weighted by atomic mass is 35.5. The van der Waals surface area contributed by atoms with Crippen molar-refractivity contribution >= 4 is 17.3 Å². The first-order valence-corrected chi connectivity index (χ1v) is 7.37. The highest BCUT2D eigenvalue weighted by Crippen LogP contribution is 2.40. The van der Waals surface area contributed by atoms with E-state index in [1.807, 2.05) is 12.1 Å². The SMILES string of the molecule is CC1CCC(C)C(Nc2cc3c(cc2Cl)OCO3)C1. The Kier molecular flexibility index (Phi) is 3.48. The molecule has 0 bridgehead atoms. The van der Waals surface area contributed by atoms with Gasteiger partial charge in [-0.15, -0.1) is 0 Å². The molecule has 0 radical (unpaired) electrons. The maximum Gasteiger partial charge on any atom is 0.231 e. The van der Waals surface area contributed by atoms with Crippen LogP contribution in [0.2, 0.25) is 5.02 Å². The van der Waals surface area contributed by atoms with Gasteiger partial charge in [-0.05, 0) is 24.7 Å². The number of benzene rings is 1. The standard InChI is InChI=1S/C15H20ClNO2/c1-9-3-4-10(2)12(5-9)17-13-7-15-14(6-11(13)16)18-8-19-15/h6-7,9-10,12,17H,3-5,8H2,1-2H3. The topological polar surface area (TPSA) is 30.5 Å². The molecule has 1 saturated carbocycles. The first kappa shape index (κ1) is 12.9. The Morgan fingerprint density at radius 1 is 1.16 bits per heavy atom. The van der Waals surface area contributed by atoms with Crippen molar-refractivity contribution in [3.05, 3.63) is 17.2 Å². The summed E-state index contributed by atoms with van der Waals surface area (Å²) in [5.41, 5.74) is 0.955. The van der Waals surface area contributed by atoms with Gasteiger partial charge in [0.2, 0.25) is 6.79 Å². The van der Waals surface area contributed by atoms with E-state index in [2.05, 4.69) is 19.2 Å². The first-order chi connectivity index (χ1) is 9.13. The van der Waals surface area contributed by atoms with Crippen molar-refractivity contribution in [2.24, 2.45) is 11.8 Å². The smallest absolute Gasteiger partial charge is 0.231 e. The Bertz CT molecular complexity index is 477. The summed E-state index contributed by atoms with van der Waals surface area (Å²) in [4.78, 5) is 0. The lowest BCUT2D eigenvalue weighted by Crippen LogP contribution is -2.33. The molecule has 0 amide bonds. The van der Waals surface area contributed by atoms with Crippen molar-refractivity contribution in [2.45, 2.75) is 39.2 Å². The number of halogens is 1. The lowest BCUT2D eigenvalue weighted by atomic mass is 9.80. The first-order valence-electron chi connectivity index (χ1n) is 6.99. The van der Waals surface area contributed by atoms with Crippen LogP contribution in [0.15, 0.2) is 12.1 Å². The summed E-state index contributed by atoms with van der Waals surface area (Å²) in [5.74, 6) is 2.98. The predicted octanol–water partition coefficient (Wildman–Crippen LogP) is 4.31. The van der Waals surface area contributed by atoms with Crippen molar-refractivity contribution < 1.29 is 9.47 Å². The normalized spacial score (nSPS) is 29.3. The second-order valence-electron chi connectivity index (χ2n) is 5.83. The van der Waals surface area contributed by atoms with Crippen LogP contribution in [0, 0.1) is 11.8 Å². The number of nitrogens with one attached hydrogen (secondary N) is 1. The highest BCUT2D eigenvalue weighted by molar-refractivity contribution is 6.33. The van der Waals surface area contributed by atoms with E-state index < -0.39 is 0 Å². The van der Waals surface area contributed by atoms with Crippen LogP contribution < -0.4 is 14.8 Å². The zero-order valence-electron chi connectivity index (χ0n) is 11.4. The van der Waals surface area contributed by atoms with E-state index in [9.17, 15) is 0 Å². The second kappa shape index (κ2) is 5.12. The minimum absolute atomic E-state index is 0.284. The van der Waals surface area contributed by atoms with Crippen LogP contribution in [-0.4, -0.2) is 12.8 Å². The van der Waals surface area contributed by atoms with Gasteiger partial charge in [0.25, 0.3) is 0 Å². The molecule has 0 spiro atoms. The monoisotopic (exact) mass is 281 g/mol. The molecule has 1 N–H and O–H groups in total. The van der Waals surface area contributed by atoms with Crippen LogP contribution in [0.1, 0.15) is 33.1 Å². The summed E-state index contributed by atoms with van der Waals surface area (Å²) >= 11 is 6.31. The summed E-state index contributed by atoms with van der Waals surface area (Å²) in [6.45, 7) is 4.91. The fourth-order valence-corrected chi connectivity index (χ4v) is 3.17. The van der Waals surface area contributed by atoms with Gasteiger partial charge in [-0.25, -0.2) is 0 Å². The Balaban J connectivity index is 1.79. The molecule has 1 aliphatic heterocycles. The molecule has 1 heterocycles. The minimum Gasteiger partial charge on any atom is -0.454 e. The molecule has 1 aliphatic carbocycles. The van der Waals surface area contributed by atoms with E-state index in [4.69, 9.17) is 21.1 Å². The molecule has 104 valence electrons. The molecule has 1 aromatic carbocycles. The Labute approximate surface area is 119 Å². The molecule has 3 rings (SSSR count). The average Bonchev–Trinajstić information content (AvgIpc) is 2.81. The third-order valence-corrected chi connectivity index (χ3v) is 4.57. The van der Waals surface area contributed by atoms with Gasteiger partial charge >= 0.3 is 0 Å². The van der Waals surface area contributed by atoms with Crippen molar-refractivity contribution in [1.29, 1.82) is 0 Å². The summed E-state index contributed by atoms with van der Waals surface area (Å²) in [7, 11) is 0. The fourth-order valence-electron chi connectivity index (χ4n) is 2.96. The molecule has 3 nitrogen and oxygen atoms in total. The largest absolute Gasteiger partial charge is 0.454 e. The maximum atomic E-state index is 6.31. The van der Waals surface area contributed by atoms with Gasteiger partial charge in [-0.2, -0.15) is 0 Å². The molecule has 1 aromatic rings. The number of rotatable bonds is 2. The van der Waals surface area contributed by atoms with Crippen molar-refractivity contribution in [3.8, 4) is 11.5 Å². The molecule has 3 atom stereocenters. The van der Waals surface area contributed by atoms with E-state index in [-0.39, 0.29) is 6.79 Å². The predicted molar refractivity (Wildman–Crippen MR) is 77.2 cm³/mol. The Morgan fingerprint density at radius 2 is 1.89 bits per heavy atom. The van der Waals surface area contributed by atoms with Gasteiger partial charge in [0, 0.05) is 18.2 Å². The minimum atomic E-state index is 0.284. The molecule has 1 fully saturated rings. The zero-order valence-corrected chi connectivity index (χ0v) is 12.2. The van der Waals surface area contributed by atoms with Crippen molar-refractivity contribution in [3.63, 3.8) is 0 Å². The van der Waals surface area contributed by atoms with Gasteiger partial charge in [0.1, 0.15) is 0 Å². The van der Waals surface area contributed by atoms with E-state index in [1.165, 1.54) is 19.3 Å². The molecule has 0 saturated heterocycles. The maximum absolute atomic E-state index is 6.31. The highest BCUT2D eigenvalue weighted by Gasteiger charge is 2.26. The van der Waals surface area contributed by atoms with Gasteiger partial charge in [-0.3, -0.25) is 0 Å². The number of anilines is 1. The van der Waals surface area contributed by atoms with Crippen molar-refractivity contribution in [1.82, 2.24) is 0 Å². The number of ether oxygens (including phenoxy) is 2. The van der Waals surface area contributed by atoms with Crippen molar-refractivity contribution in [2.75, 3.05) is 12.1 Å². The van der Waals surface area contributed by atoms with E-state index in [0.29, 0.717) is 17.0 Å². The summed E-state index contributed by atoms with van der Waals surface area (Å²) < 4.78 is 10.7. The van der Waals surface area contributed by atoms with Crippen LogP contribution in [0.5, 0.6) is 11.5 Å². The van der Waals surface area contributed by atoms with E-state index in [1.54, 1.807) is 0 Å². The zero-order chi connectivity index (χ0) is 13.4. The second-order valence-corrected chi connectivity index (χ2v) is 6.24. The lowest BCUT2D eigenvalue weighted by Gasteiger charge is -2.34. The molecule has 2 aliphatic rings. The van der Waals surface area contributed by atoms with Crippen LogP contribution in [0.25, 0.3) is 0 Å². The average molecular weight is 282 g/mol. The van der Waals surface area contributed by atoms with Gasteiger partial charge in [0.15, 0.2) is 11.5 Å². The fraction of sp³-hybridized carbons (Fsp3) is 0.600. The number of hydrogen-bond donors (Lipinski definition) is 1. The number of fused-ring (bicyclic) bond motifs is 1.